The fourth-order valence-electron chi connectivity index (χ4n) is 5.70. The van der Waals surface area contributed by atoms with Gasteiger partial charge in [-0.25, -0.2) is 19.2 Å². The van der Waals surface area contributed by atoms with Crippen molar-refractivity contribution in [2.75, 3.05) is 30.8 Å². The smallest absolute Gasteiger partial charge is 0.407 e. The summed E-state index contributed by atoms with van der Waals surface area (Å²) in [4.78, 5) is 32.4. The number of halogens is 1. The van der Waals surface area contributed by atoms with Crippen LogP contribution in [-0.2, 0) is 16.2 Å². The quantitative estimate of drug-likeness (QED) is 0.141. The monoisotopic (exact) mass is 607 g/mol. The zero-order valence-corrected chi connectivity index (χ0v) is 25.1. The fourth-order valence-corrected chi connectivity index (χ4v) is 5.70. The molecule has 3 aromatic carbocycles. The van der Waals surface area contributed by atoms with Gasteiger partial charge in [-0.3, -0.25) is 0 Å². The van der Waals surface area contributed by atoms with Crippen molar-refractivity contribution in [3.63, 3.8) is 0 Å². The van der Waals surface area contributed by atoms with Gasteiger partial charge < -0.3 is 30.5 Å². The van der Waals surface area contributed by atoms with E-state index in [2.05, 4.69) is 25.3 Å². The highest BCUT2D eigenvalue weighted by Gasteiger charge is 2.28. The molecule has 1 aliphatic heterocycles. The number of hydrogen-bond donors (Lipinski definition) is 3. The van der Waals surface area contributed by atoms with Gasteiger partial charge in [-0.1, -0.05) is 47.6 Å². The van der Waals surface area contributed by atoms with Crippen LogP contribution in [0.4, 0.5) is 20.7 Å². The number of ether oxygens (including phenoxy) is 1. The predicted octanol–water partition coefficient (Wildman–Crippen LogP) is 6.20. The molecule has 6 rings (SSSR count). The third-order valence-electron chi connectivity index (χ3n) is 7.83. The molecule has 11 heteroatoms. The minimum absolute atomic E-state index is 0.0644. The number of nitrogens with two attached hydrogens (primary N) is 1. The second kappa shape index (κ2) is 13.0. The molecule has 1 fully saturated rings. The molecule has 45 heavy (non-hydrogen) atoms. The number of imidazole rings is 1. The number of nitrogens with one attached hydrogen (secondary N) is 2. The molecule has 0 spiro atoms. The Bertz CT molecular complexity index is 1830. The molecule has 0 unspecified atom stereocenters. The molecule has 0 atom stereocenters. The maximum absolute atomic E-state index is 14.7. The summed E-state index contributed by atoms with van der Waals surface area (Å²) in [6.07, 6.45) is 4.21. The third kappa shape index (κ3) is 6.72. The van der Waals surface area contributed by atoms with Crippen LogP contribution in [0.5, 0.6) is 0 Å². The Morgan fingerprint density at radius 1 is 1.16 bits per heavy atom. The van der Waals surface area contributed by atoms with Gasteiger partial charge in [0.25, 0.3) is 0 Å². The molecule has 0 bridgehead atoms. The van der Waals surface area contributed by atoms with Crippen LogP contribution >= 0.6 is 0 Å². The Labute approximate surface area is 260 Å². The Balaban J connectivity index is 1.31. The van der Waals surface area contributed by atoms with Gasteiger partial charge in [0, 0.05) is 30.9 Å². The molecule has 0 saturated carbocycles. The van der Waals surface area contributed by atoms with Crippen molar-refractivity contribution < 1.29 is 18.8 Å². The number of fused-ring (bicyclic) bond motifs is 1. The van der Waals surface area contributed by atoms with E-state index in [1.54, 1.807) is 12.4 Å². The zero-order chi connectivity index (χ0) is 31.3. The molecular formula is C34H34FN7O3. The Morgan fingerprint density at radius 3 is 2.71 bits per heavy atom. The van der Waals surface area contributed by atoms with Crippen molar-refractivity contribution >= 4 is 34.8 Å². The van der Waals surface area contributed by atoms with Gasteiger partial charge in [0.2, 0.25) is 0 Å². The standard InChI is InChI=1S/C34H34FN7O3/c1-21-14-24(17-25(35)15-21)27-19-37-32(36)30(33-40-28-9-8-23(18-38-44-2)16-29(28)41-33)31(27)42-12-10-26(11-13-42)39-34(43)45-20-22-6-4-3-5-7-22/h3-9,14-19,26H,10-13,20H2,1-2H3,(H2,36,37)(H,39,43)(H,40,41)/b38-18+. The predicted molar refractivity (Wildman–Crippen MR) is 173 cm³/mol. The van der Waals surface area contributed by atoms with Crippen LogP contribution < -0.4 is 16.0 Å². The van der Waals surface area contributed by atoms with Crippen LogP contribution in [0.2, 0.25) is 0 Å². The van der Waals surface area contributed by atoms with Crippen LogP contribution in [0.1, 0.15) is 29.5 Å². The number of aromatic amines is 1. The van der Waals surface area contributed by atoms with Crippen molar-refractivity contribution in [3.8, 4) is 22.5 Å². The average molecular weight is 608 g/mol. The zero-order valence-electron chi connectivity index (χ0n) is 25.1. The van der Waals surface area contributed by atoms with E-state index in [9.17, 15) is 9.18 Å². The normalized spacial score (nSPS) is 13.8. The lowest BCUT2D eigenvalue weighted by Gasteiger charge is -2.36. The number of carbonyl (C=O) groups excluding carboxylic acids is 1. The molecule has 10 nitrogen and oxygen atoms in total. The highest BCUT2D eigenvalue weighted by atomic mass is 19.1. The molecule has 4 N–H and O–H groups in total. The van der Waals surface area contributed by atoms with Crippen molar-refractivity contribution in [2.45, 2.75) is 32.4 Å². The number of hydrogen-bond acceptors (Lipinski definition) is 8. The summed E-state index contributed by atoms with van der Waals surface area (Å²) in [5.74, 6) is 0.512. The number of pyridine rings is 1. The molecule has 0 radical (unpaired) electrons. The summed E-state index contributed by atoms with van der Waals surface area (Å²) >= 11 is 0. The molecule has 1 saturated heterocycles. The van der Waals surface area contributed by atoms with Crippen molar-refractivity contribution in [2.24, 2.45) is 5.16 Å². The highest BCUT2D eigenvalue weighted by molar-refractivity contribution is 5.96. The van der Waals surface area contributed by atoms with Gasteiger partial charge in [0.1, 0.15) is 31.2 Å². The maximum Gasteiger partial charge on any atom is 0.407 e. The Morgan fingerprint density at radius 2 is 1.96 bits per heavy atom. The first-order valence-corrected chi connectivity index (χ1v) is 14.7. The van der Waals surface area contributed by atoms with E-state index in [-0.39, 0.29) is 18.5 Å². The number of amides is 1. The number of benzene rings is 3. The number of aryl methyl sites for hydroxylation is 1. The number of piperidine rings is 1. The van der Waals surface area contributed by atoms with E-state index in [1.807, 2.05) is 61.5 Å². The van der Waals surface area contributed by atoms with Crippen molar-refractivity contribution in [1.29, 1.82) is 0 Å². The van der Waals surface area contributed by atoms with Crippen LogP contribution in [-0.4, -0.2) is 53.5 Å². The van der Waals surface area contributed by atoms with Gasteiger partial charge in [0.15, 0.2) is 0 Å². The van der Waals surface area contributed by atoms with Gasteiger partial charge in [-0.05, 0) is 66.3 Å². The van der Waals surface area contributed by atoms with E-state index in [1.165, 1.54) is 19.2 Å². The number of nitrogen functional groups attached to an aromatic ring is 1. The topological polar surface area (TPSA) is 131 Å². The minimum atomic E-state index is -0.445. The molecule has 1 aliphatic rings. The van der Waals surface area contributed by atoms with E-state index < -0.39 is 6.09 Å². The Kier molecular flexibility index (Phi) is 8.58. The number of H-pyrrole nitrogens is 1. The summed E-state index contributed by atoms with van der Waals surface area (Å²) in [7, 11) is 1.49. The molecule has 2 aromatic heterocycles. The molecule has 3 heterocycles. The molecule has 0 aliphatic carbocycles. The number of alkyl carbamates (subject to hydrolysis) is 1. The second-order valence-corrected chi connectivity index (χ2v) is 11.0. The van der Waals surface area contributed by atoms with E-state index in [0.29, 0.717) is 48.7 Å². The first kappa shape index (κ1) is 29.6. The lowest BCUT2D eigenvalue weighted by atomic mass is 9.96. The first-order chi connectivity index (χ1) is 21.9. The second-order valence-electron chi connectivity index (χ2n) is 11.0. The molecule has 230 valence electrons. The van der Waals surface area contributed by atoms with Gasteiger partial charge in [0.05, 0.1) is 28.5 Å². The average Bonchev–Trinajstić information content (AvgIpc) is 3.46. The lowest BCUT2D eigenvalue weighted by molar-refractivity contribution is 0.134. The molecule has 1 amide bonds. The van der Waals surface area contributed by atoms with Crippen LogP contribution in [0, 0.1) is 12.7 Å². The van der Waals surface area contributed by atoms with Crippen LogP contribution in [0.15, 0.2) is 78.1 Å². The van der Waals surface area contributed by atoms with Crippen molar-refractivity contribution in [3.05, 3.63) is 95.4 Å². The Hall–Kier alpha value is -5.45. The van der Waals surface area contributed by atoms with E-state index in [4.69, 9.17) is 20.3 Å². The number of rotatable bonds is 8. The summed E-state index contributed by atoms with van der Waals surface area (Å²) in [5.41, 5.74) is 13.5. The van der Waals surface area contributed by atoms with Gasteiger partial charge in [-0.15, -0.1) is 0 Å². The number of aromatic nitrogens is 3. The largest absolute Gasteiger partial charge is 0.445 e. The van der Waals surface area contributed by atoms with Crippen molar-refractivity contribution in [1.82, 2.24) is 20.3 Å². The minimum Gasteiger partial charge on any atom is -0.445 e. The molecule has 5 aromatic rings. The number of oxime groups is 1. The van der Waals surface area contributed by atoms with E-state index >= 15 is 0 Å². The van der Waals surface area contributed by atoms with Crippen LogP contribution in [0.25, 0.3) is 33.5 Å². The first-order valence-electron chi connectivity index (χ1n) is 14.7. The summed E-state index contributed by atoms with van der Waals surface area (Å²) in [6, 6.07) is 20.1. The van der Waals surface area contributed by atoms with Gasteiger partial charge >= 0.3 is 6.09 Å². The highest BCUT2D eigenvalue weighted by Crippen LogP contribution is 2.43. The number of carbonyl (C=O) groups is 1. The SMILES string of the molecule is CO/N=C/c1ccc2nc(-c3c(N)ncc(-c4cc(C)cc(F)c4)c3N3CCC(NC(=O)OCc4ccccc4)CC3)[nH]c2c1. The summed E-state index contributed by atoms with van der Waals surface area (Å²) < 4.78 is 20.1. The third-order valence-corrected chi connectivity index (χ3v) is 7.83. The molecular weight excluding hydrogens is 573 g/mol. The van der Waals surface area contributed by atoms with Crippen LogP contribution in [0.3, 0.4) is 0 Å². The summed E-state index contributed by atoms with van der Waals surface area (Å²) in [5, 5.41) is 6.86. The fraction of sp³-hybridized carbons (Fsp3) is 0.235. The summed E-state index contributed by atoms with van der Waals surface area (Å²) in [6.45, 7) is 3.29. The number of anilines is 2. The van der Waals surface area contributed by atoms with E-state index in [0.717, 1.165) is 39.0 Å². The van der Waals surface area contributed by atoms with Gasteiger partial charge in [-0.2, -0.15) is 0 Å². The maximum atomic E-state index is 14.7. The lowest BCUT2D eigenvalue weighted by Crippen LogP contribution is -2.45. The number of nitrogens with zero attached hydrogens (tertiary/aromatic N) is 4.